The number of ether oxygens (including phenoxy) is 2. The number of amides is 1. The highest BCUT2D eigenvalue weighted by Gasteiger charge is 2.41. The van der Waals surface area contributed by atoms with Gasteiger partial charge in [0, 0.05) is 25.7 Å². The molecule has 0 spiro atoms. The molecule has 1 aromatic carbocycles. The first kappa shape index (κ1) is 18.6. The molecule has 1 aromatic rings. The standard InChI is InChI=1S/C17H23N3O5S/c1-16(2,3)25-15(21)18-7-8-19-13-6-5-12(20(22)23)9-14(13)24-11-17(4,10-18)26-19/h5-6,9H,7-8,10-11H2,1-4H3/t17-/m1/s1. The zero-order valence-electron chi connectivity index (χ0n) is 15.4. The van der Waals surface area contributed by atoms with Gasteiger partial charge in [-0.25, -0.2) is 4.79 Å². The van der Waals surface area contributed by atoms with Crippen LogP contribution in [0, 0.1) is 10.1 Å². The molecule has 0 radical (unpaired) electrons. The first-order chi connectivity index (χ1) is 12.1. The molecule has 0 saturated carbocycles. The third-order valence-corrected chi connectivity index (χ3v) is 5.32. The van der Waals surface area contributed by atoms with Crippen LogP contribution in [0.25, 0.3) is 0 Å². The molecule has 0 unspecified atom stereocenters. The number of rotatable bonds is 1. The van der Waals surface area contributed by atoms with Crippen LogP contribution in [0.5, 0.6) is 5.75 Å². The van der Waals surface area contributed by atoms with Crippen LogP contribution < -0.4 is 9.04 Å². The molecular formula is C17H23N3O5S. The highest BCUT2D eigenvalue weighted by Crippen LogP contribution is 2.44. The second-order valence-electron chi connectivity index (χ2n) is 7.74. The van der Waals surface area contributed by atoms with Crippen molar-refractivity contribution in [1.29, 1.82) is 0 Å². The fourth-order valence-corrected chi connectivity index (χ4v) is 4.21. The van der Waals surface area contributed by atoms with Crippen LogP contribution in [0.4, 0.5) is 16.2 Å². The number of nitro groups is 1. The molecule has 1 saturated heterocycles. The van der Waals surface area contributed by atoms with Crippen LogP contribution in [-0.4, -0.2) is 52.5 Å². The molecule has 8 nitrogen and oxygen atoms in total. The first-order valence-electron chi connectivity index (χ1n) is 8.42. The van der Waals surface area contributed by atoms with Crippen LogP contribution in [0.1, 0.15) is 27.7 Å². The Morgan fingerprint density at radius 1 is 1.38 bits per heavy atom. The van der Waals surface area contributed by atoms with Gasteiger partial charge in [0.15, 0.2) is 0 Å². The van der Waals surface area contributed by atoms with Gasteiger partial charge < -0.3 is 18.7 Å². The van der Waals surface area contributed by atoms with E-state index in [-0.39, 0.29) is 16.5 Å². The van der Waals surface area contributed by atoms with Crippen molar-refractivity contribution in [3.05, 3.63) is 28.3 Å². The number of non-ortho nitro benzene ring substituents is 1. The largest absolute Gasteiger partial charge is 0.490 e. The van der Waals surface area contributed by atoms with Crippen molar-refractivity contribution in [2.24, 2.45) is 0 Å². The fourth-order valence-electron chi connectivity index (χ4n) is 2.93. The van der Waals surface area contributed by atoms with Gasteiger partial charge in [0.1, 0.15) is 18.0 Å². The minimum absolute atomic E-state index is 0.00439. The van der Waals surface area contributed by atoms with E-state index in [9.17, 15) is 14.9 Å². The summed E-state index contributed by atoms with van der Waals surface area (Å²) in [6, 6.07) is 4.64. The Labute approximate surface area is 156 Å². The van der Waals surface area contributed by atoms with Gasteiger partial charge >= 0.3 is 6.09 Å². The molecule has 2 aliphatic rings. The van der Waals surface area contributed by atoms with Gasteiger partial charge in [0.2, 0.25) is 0 Å². The molecule has 142 valence electrons. The number of anilines is 1. The van der Waals surface area contributed by atoms with Crippen molar-refractivity contribution in [3.63, 3.8) is 0 Å². The third kappa shape index (κ3) is 3.98. The zero-order chi connectivity index (χ0) is 19.1. The minimum atomic E-state index is -0.550. The third-order valence-electron chi connectivity index (χ3n) is 4.04. The summed E-state index contributed by atoms with van der Waals surface area (Å²) in [5, 5.41) is 11.0. The maximum Gasteiger partial charge on any atom is 0.410 e. The number of carbonyl (C=O) groups is 1. The van der Waals surface area contributed by atoms with E-state index in [0.717, 1.165) is 5.69 Å². The predicted molar refractivity (Wildman–Crippen MR) is 99.7 cm³/mol. The Morgan fingerprint density at radius 3 is 2.77 bits per heavy atom. The second-order valence-corrected chi connectivity index (χ2v) is 9.35. The van der Waals surface area contributed by atoms with Crippen LogP contribution >= 0.6 is 11.9 Å². The number of hydrogen-bond acceptors (Lipinski definition) is 7. The van der Waals surface area contributed by atoms with E-state index in [0.29, 0.717) is 32.0 Å². The van der Waals surface area contributed by atoms with Crippen LogP contribution in [0.15, 0.2) is 18.2 Å². The maximum absolute atomic E-state index is 12.5. The van der Waals surface area contributed by atoms with E-state index in [2.05, 4.69) is 4.31 Å². The van der Waals surface area contributed by atoms with Crippen LogP contribution in [-0.2, 0) is 4.74 Å². The summed E-state index contributed by atoms with van der Waals surface area (Å²) in [5.41, 5.74) is 0.242. The number of hydrogen-bond donors (Lipinski definition) is 0. The Hall–Kier alpha value is -2.16. The van der Waals surface area contributed by atoms with Gasteiger partial charge in [-0.3, -0.25) is 10.1 Å². The summed E-state index contributed by atoms with van der Waals surface area (Å²) in [4.78, 5) is 24.8. The molecule has 1 fully saturated rings. The lowest BCUT2D eigenvalue weighted by molar-refractivity contribution is -0.384. The normalized spacial score (nSPS) is 22.6. The molecule has 2 heterocycles. The molecule has 0 N–H and O–H groups in total. The van der Waals surface area contributed by atoms with Gasteiger partial charge in [-0.2, -0.15) is 0 Å². The molecule has 2 aliphatic heterocycles. The maximum atomic E-state index is 12.5. The van der Waals surface area contributed by atoms with E-state index in [1.165, 1.54) is 12.1 Å². The molecule has 1 atom stereocenters. The van der Waals surface area contributed by atoms with Gasteiger partial charge in [0.05, 0.1) is 21.4 Å². The van der Waals surface area contributed by atoms with Crippen LogP contribution in [0.3, 0.4) is 0 Å². The molecular weight excluding hydrogens is 358 g/mol. The smallest absolute Gasteiger partial charge is 0.410 e. The fraction of sp³-hybridized carbons (Fsp3) is 0.588. The summed E-state index contributed by atoms with van der Waals surface area (Å²) < 4.78 is 13.1. The number of fused-ring (bicyclic) bond motifs is 4. The van der Waals surface area contributed by atoms with Crippen molar-refractivity contribution in [2.75, 3.05) is 30.5 Å². The Balaban J connectivity index is 1.85. The molecule has 9 heteroatoms. The summed E-state index contributed by atoms with van der Waals surface area (Å²) in [7, 11) is 0. The molecule has 26 heavy (non-hydrogen) atoms. The monoisotopic (exact) mass is 381 g/mol. The summed E-state index contributed by atoms with van der Waals surface area (Å²) in [6.07, 6.45) is -0.337. The van der Waals surface area contributed by atoms with Crippen LogP contribution in [0.2, 0.25) is 0 Å². The summed E-state index contributed by atoms with van der Waals surface area (Å²) in [5.74, 6) is 0.501. The molecule has 2 bridgehead atoms. The van der Waals surface area contributed by atoms with Crippen molar-refractivity contribution in [3.8, 4) is 5.75 Å². The number of benzene rings is 1. The van der Waals surface area contributed by atoms with Crippen molar-refractivity contribution in [1.82, 2.24) is 4.90 Å². The Bertz CT molecular complexity index is 736. The van der Waals surface area contributed by atoms with Crippen molar-refractivity contribution < 1.29 is 19.2 Å². The average Bonchev–Trinajstić information content (AvgIpc) is 2.79. The van der Waals surface area contributed by atoms with Gasteiger partial charge in [0.25, 0.3) is 5.69 Å². The lowest BCUT2D eigenvalue weighted by Gasteiger charge is -2.32. The van der Waals surface area contributed by atoms with E-state index >= 15 is 0 Å². The number of carbonyl (C=O) groups excluding carboxylic acids is 1. The van der Waals surface area contributed by atoms with Crippen molar-refractivity contribution in [2.45, 2.75) is 38.0 Å². The lowest BCUT2D eigenvalue weighted by Crippen LogP contribution is -2.46. The zero-order valence-corrected chi connectivity index (χ0v) is 16.2. The number of nitro benzene ring substituents is 1. The van der Waals surface area contributed by atoms with Gasteiger partial charge in [-0.15, -0.1) is 0 Å². The molecule has 3 rings (SSSR count). The minimum Gasteiger partial charge on any atom is -0.490 e. The Kier molecular flexibility index (Phi) is 4.68. The van der Waals surface area contributed by atoms with E-state index in [1.54, 1.807) is 22.9 Å². The van der Waals surface area contributed by atoms with Crippen molar-refractivity contribution >= 4 is 29.4 Å². The SMILES string of the molecule is CC(C)(C)OC(=O)N1CCN2S[C@@](C)(COc3cc([N+](=O)[O-])ccc32)C1. The Morgan fingerprint density at radius 2 is 2.12 bits per heavy atom. The highest BCUT2D eigenvalue weighted by atomic mass is 32.2. The topological polar surface area (TPSA) is 85.2 Å². The average molecular weight is 381 g/mol. The van der Waals surface area contributed by atoms with Gasteiger partial charge in [-0.05, 0) is 45.7 Å². The molecule has 1 amide bonds. The summed E-state index contributed by atoms with van der Waals surface area (Å²) >= 11 is 1.60. The van der Waals surface area contributed by atoms with E-state index in [4.69, 9.17) is 9.47 Å². The van der Waals surface area contributed by atoms with E-state index in [1.807, 2.05) is 27.7 Å². The second kappa shape index (κ2) is 6.53. The summed E-state index contributed by atoms with van der Waals surface area (Å²) in [6.45, 7) is 9.45. The highest BCUT2D eigenvalue weighted by molar-refractivity contribution is 8.02. The van der Waals surface area contributed by atoms with Gasteiger partial charge in [-0.1, -0.05) is 0 Å². The molecule has 0 aliphatic carbocycles. The molecule has 0 aromatic heterocycles. The lowest BCUT2D eigenvalue weighted by atomic mass is 10.1. The quantitative estimate of drug-likeness (QED) is 0.418. The first-order valence-corrected chi connectivity index (χ1v) is 9.20. The predicted octanol–water partition coefficient (Wildman–Crippen LogP) is 3.45. The van der Waals surface area contributed by atoms with E-state index < -0.39 is 10.5 Å². The number of nitrogens with zero attached hydrogens (tertiary/aromatic N) is 3.